The van der Waals surface area contributed by atoms with Crippen LogP contribution in [0.15, 0.2) is 96.0 Å². The van der Waals surface area contributed by atoms with Gasteiger partial charge in [-0.2, -0.15) is 0 Å². The predicted octanol–water partition coefficient (Wildman–Crippen LogP) is 4.83. The maximum Gasteiger partial charge on any atom is 0.268 e. The number of rotatable bonds is 8. The summed E-state index contributed by atoms with van der Waals surface area (Å²) in [6.45, 7) is 0.769. The summed E-state index contributed by atoms with van der Waals surface area (Å²) in [5.41, 5.74) is 2.19. The van der Waals surface area contributed by atoms with Crippen molar-refractivity contribution in [3.05, 3.63) is 108 Å². The van der Waals surface area contributed by atoms with E-state index in [1.54, 1.807) is 43.4 Å². The first-order valence-corrected chi connectivity index (χ1v) is 11.6. The second-order valence-corrected chi connectivity index (χ2v) is 9.11. The molecule has 0 saturated heterocycles. The van der Waals surface area contributed by atoms with Crippen LogP contribution in [0.25, 0.3) is 11.3 Å². The molecule has 0 aliphatic heterocycles. The molecule has 0 atom stereocenters. The first-order valence-electron chi connectivity index (χ1n) is 10.1. The van der Waals surface area contributed by atoms with Crippen molar-refractivity contribution in [1.82, 2.24) is 9.29 Å². The minimum Gasteiger partial charge on any atom is -0.489 e. The Morgan fingerprint density at radius 2 is 1.66 bits per heavy atom. The van der Waals surface area contributed by atoms with Gasteiger partial charge in [-0.25, -0.2) is 16.8 Å². The Hall–Kier alpha value is -3.42. The Kier molecular flexibility index (Phi) is 6.39. The third-order valence-electron chi connectivity index (χ3n) is 4.98. The Labute approximate surface area is 187 Å². The summed E-state index contributed by atoms with van der Waals surface area (Å²) in [6, 6.07) is 23.8. The van der Waals surface area contributed by atoms with E-state index in [2.05, 4.69) is 5.32 Å². The fourth-order valence-corrected chi connectivity index (χ4v) is 4.87. The molecular formula is C25H23FN2O3S. The minimum atomic E-state index is -4.00. The van der Waals surface area contributed by atoms with Crippen molar-refractivity contribution in [2.75, 3.05) is 7.05 Å². The summed E-state index contributed by atoms with van der Waals surface area (Å²) in [5.74, 6) is -0.0528. The van der Waals surface area contributed by atoms with E-state index in [4.69, 9.17) is 4.74 Å². The number of hydrogen-bond donors (Lipinski definition) is 1. The molecule has 0 aliphatic rings. The van der Waals surface area contributed by atoms with E-state index in [-0.39, 0.29) is 16.2 Å². The predicted molar refractivity (Wildman–Crippen MR) is 122 cm³/mol. The molecule has 32 heavy (non-hydrogen) atoms. The molecule has 0 spiro atoms. The van der Waals surface area contributed by atoms with E-state index in [0.29, 0.717) is 18.9 Å². The van der Waals surface area contributed by atoms with Crippen LogP contribution in [0.1, 0.15) is 11.1 Å². The van der Waals surface area contributed by atoms with Crippen LogP contribution >= 0.6 is 0 Å². The average molecular weight is 451 g/mol. The summed E-state index contributed by atoms with van der Waals surface area (Å²) in [4.78, 5) is 0.0623. The highest BCUT2D eigenvalue weighted by Crippen LogP contribution is 2.30. The van der Waals surface area contributed by atoms with Gasteiger partial charge in [-0.05, 0) is 48.5 Å². The van der Waals surface area contributed by atoms with Crippen molar-refractivity contribution in [2.24, 2.45) is 0 Å². The zero-order chi connectivity index (χ0) is 22.6. The zero-order valence-corrected chi connectivity index (χ0v) is 18.3. The molecule has 0 saturated carbocycles. The third kappa shape index (κ3) is 4.59. The third-order valence-corrected chi connectivity index (χ3v) is 6.65. The summed E-state index contributed by atoms with van der Waals surface area (Å²) in [6.07, 6.45) is 1.52. The molecule has 3 aromatic carbocycles. The molecule has 164 valence electrons. The van der Waals surface area contributed by atoms with Crippen LogP contribution in [0, 0.1) is 5.82 Å². The maximum absolute atomic E-state index is 14.5. The van der Waals surface area contributed by atoms with Crippen molar-refractivity contribution in [2.45, 2.75) is 18.0 Å². The molecule has 5 nitrogen and oxygen atoms in total. The molecule has 4 rings (SSSR count). The molecule has 0 radical (unpaired) electrons. The number of hydrogen-bond acceptors (Lipinski definition) is 4. The number of nitrogens with one attached hydrogen (secondary N) is 1. The van der Waals surface area contributed by atoms with Gasteiger partial charge in [-0.3, -0.25) is 0 Å². The highest BCUT2D eigenvalue weighted by molar-refractivity contribution is 7.90. The Balaban J connectivity index is 1.71. The Bertz CT molecular complexity index is 1320. The molecule has 1 heterocycles. The SMILES string of the molecule is CNCc1cc(-c2ccccc2F)n(S(=O)(=O)c2cccc(OCc3ccccc3)c2)c1. The van der Waals surface area contributed by atoms with Crippen molar-refractivity contribution in [3.8, 4) is 17.0 Å². The summed E-state index contributed by atoms with van der Waals surface area (Å²) in [5, 5.41) is 3.00. The molecule has 0 bridgehead atoms. The van der Waals surface area contributed by atoms with Gasteiger partial charge >= 0.3 is 0 Å². The van der Waals surface area contributed by atoms with Gasteiger partial charge in [0.25, 0.3) is 10.0 Å². The van der Waals surface area contributed by atoms with Gasteiger partial charge in [-0.1, -0.05) is 48.5 Å². The first-order chi connectivity index (χ1) is 15.5. The van der Waals surface area contributed by atoms with E-state index in [9.17, 15) is 12.8 Å². The van der Waals surface area contributed by atoms with Crippen molar-refractivity contribution in [1.29, 1.82) is 0 Å². The summed E-state index contributed by atoms with van der Waals surface area (Å²) < 4.78 is 48.5. The van der Waals surface area contributed by atoms with Crippen LogP contribution in [0.4, 0.5) is 4.39 Å². The van der Waals surface area contributed by atoms with Gasteiger partial charge in [0.1, 0.15) is 18.2 Å². The summed E-state index contributed by atoms with van der Waals surface area (Å²) in [7, 11) is -2.23. The zero-order valence-electron chi connectivity index (χ0n) is 17.5. The molecule has 0 aliphatic carbocycles. The Morgan fingerprint density at radius 3 is 2.41 bits per heavy atom. The Morgan fingerprint density at radius 1 is 0.906 bits per heavy atom. The largest absolute Gasteiger partial charge is 0.489 e. The van der Waals surface area contributed by atoms with E-state index < -0.39 is 15.8 Å². The van der Waals surface area contributed by atoms with Crippen molar-refractivity contribution in [3.63, 3.8) is 0 Å². The number of ether oxygens (including phenoxy) is 1. The normalized spacial score (nSPS) is 11.4. The van der Waals surface area contributed by atoms with Crippen LogP contribution in [-0.4, -0.2) is 19.4 Å². The van der Waals surface area contributed by atoms with E-state index in [1.807, 2.05) is 30.3 Å². The number of nitrogens with zero attached hydrogens (tertiary/aromatic N) is 1. The van der Waals surface area contributed by atoms with Crippen LogP contribution < -0.4 is 10.1 Å². The van der Waals surface area contributed by atoms with Gasteiger partial charge in [0.2, 0.25) is 0 Å². The minimum absolute atomic E-state index is 0.0623. The van der Waals surface area contributed by atoms with Gasteiger partial charge in [0, 0.05) is 24.4 Å². The van der Waals surface area contributed by atoms with Crippen molar-refractivity contribution >= 4 is 10.0 Å². The fraction of sp³-hybridized carbons (Fsp3) is 0.120. The molecular weight excluding hydrogens is 427 g/mol. The molecule has 0 fully saturated rings. The monoisotopic (exact) mass is 450 g/mol. The van der Waals surface area contributed by atoms with E-state index >= 15 is 0 Å². The first kappa shape index (κ1) is 21.8. The lowest BCUT2D eigenvalue weighted by atomic mass is 10.1. The number of aromatic nitrogens is 1. The molecule has 0 unspecified atom stereocenters. The van der Waals surface area contributed by atoms with Crippen LogP contribution in [0.2, 0.25) is 0 Å². The second-order valence-electron chi connectivity index (χ2n) is 7.29. The van der Waals surface area contributed by atoms with Gasteiger partial charge in [0.15, 0.2) is 0 Å². The van der Waals surface area contributed by atoms with Crippen LogP contribution in [0.3, 0.4) is 0 Å². The lowest BCUT2D eigenvalue weighted by Gasteiger charge is -2.13. The van der Waals surface area contributed by atoms with Gasteiger partial charge in [0.05, 0.1) is 10.6 Å². The van der Waals surface area contributed by atoms with Crippen LogP contribution in [0.5, 0.6) is 5.75 Å². The fourth-order valence-electron chi connectivity index (χ4n) is 3.44. The van der Waals surface area contributed by atoms with E-state index in [0.717, 1.165) is 15.1 Å². The quantitative estimate of drug-likeness (QED) is 0.418. The standard InChI is InChI=1S/C25H23FN2O3S/c1-27-16-20-14-25(23-12-5-6-13-24(23)26)28(17-20)32(29,30)22-11-7-10-21(15-22)31-18-19-8-3-2-4-9-19/h2-15,17,27H,16,18H2,1H3. The number of halogens is 1. The second kappa shape index (κ2) is 9.38. The lowest BCUT2D eigenvalue weighted by molar-refractivity contribution is 0.305. The number of benzene rings is 3. The summed E-state index contributed by atoms with van der Waals surface area (Å²) >= 11 is 0. The highest BCUT2D eigenvalue weighted by atomic mass is 32.2. The van der Waals surface area contributed by atoms with E-state index in [1.165, 1.54) is 24.4 Å². The van der Waals surface area contributed by atoms with Gasteiger partial charge in [-0.15, -0.1) is 0 Å². The molecule has 0 amide bonds. The topological polar surface area (TPSA) is 60.3 Å². The average Bonchev–Trinajstić information content (AvgIpc) is 3.24. The molecule has 4 aromatic rings. The van der Waals surface area contributed by atoms with Crippen LogP contribution in [-0.2, 0) is 23.2 Å². The lowest BCUT2D eigenvalue weighted by Crippen LogP contribution is -2.14. The molecule has 1 aromatic heterocycles. The molecule has 1 N–H and O–H groups in total. The van der Waals surface area contributed by atoms with Gasteiger partial charge < -0.3 is 10.1 Å². The highest BCUT2D eigenvalue weighted by Gasteiger charge is 2.23. The molecule has 7 heteroatoms. The smallest absolute Gasteiger partial charge is 0.268 e. The maximum atomic E-state index is 14.5. The van der Waals surface area contributed by atoms with Crippen molar-refractivity contribution < 1.29 is 17.5 Å².